The first-order chi connectivity index (χ1) is 15.5. The van der Waals surface area contributed by atoms with Gasteiger partial charge in [-0.3, -0.25) is 14.9 Å². The van der Waals surface area contributed by atoms with Gasteiger partial charge < -0.3 is 15.0 Å². The molecule has 32 heavy (non-hydrogen) atoms. The van der Waals surface area contributed by atoms with Gasteiger partial charge >= 0.3 is 5.97 Å². The molecule has 1 saturated heterocycles. The maximum Gasteiger partial charge on any atom is 0.341 e. The van der Waals surface area contributed by atoms with E-state index in [9.17, 15) is 19.7 Å². The lowest BCUT2D eigenvalue weighted by Gasteiger charge is -2.20. The van der Waals surface area contributed by atoms with Crippen molar-refractivity contribution in [2.45, 2.75) is 19.3 Å². The van der Waals surface area contributed by atoms with E-state index < -0.39 is 23.4 Å². The van der Waals surface area contributed by atoms with Gasteiger partial charge in [-0.2, -0.15) is 0 Å². The molecular formula is C22H22N4O5S. The molecule has 0 spiro atoms. The second-order valence-electron chi connectivity index (χ2n) is 7.40. The molecule has 0 unspecified atom stereocenters. The Hall–Kier alpha value is -3.53. The summed E-state index contributed by atoms with van der Waals surface area (Å²) >= 11 is 1.57. The Morgan fingerprint density at radius 2 is 1.97 bits per heavy atom. The zero-order valence-corrected chi connectivity index (χ0v) is 18.1. The number of nitrogens with one attached hydrogen (secondary N) is 1. The third-order valence-electron chi connectivity index (χ3n) is 5.19. The van der Waals surface area contributed by atoms with Crippen molar-refractivity contribution in [3.63, 3.8) is 0 Å². The fourth-order valence-corrected chi connectivity index (χ4v) is 4.60. The van der Waals surface area contributed by atoms with Gasteiger partial charge in [0.2, 0.25) is 0 Å². The summed E-state index contributed by atoms with van der Waals surface area (Å²) in [4.78, 5) is 41.9. The number of amides is 1. The highest BCUT2D eigenvalue weighted by Crippen LogP contribution is 2.29. The van der Waals surface area contributed by atoms with Crippen LogP contribution in [0.2, 0.25) is 0 Å². The lowest BCUT2D eigenvalue weighted by Crippen LogP contribution is -2.30. The summed E-state index contributed by atoms with van der Waals surface area (Å²) in [5.41, 5.74) is 1.43. The summed E-state index contributed by atoms with van der Waals surface area (Å²) in [6.07, 6.45) is 2.55. The zero-order chi connectivity index (χ0) is 22.5. The Morgan fingerprint density at radius 3 is 2.72 bits per heavy atom. The molecule has 0 aliphatic carbocycles. The van der Waals surface area contributed by atoms with Crippen LogP contribution in [0.15, 0.2) is 42.5 Å². The van der Waals surface area contributed by atoms with Crippen LogP contribution in [0.1, 0.15) is 28.2 Å². The smallest absolute Gasteiger partial charge is 0.341 e. The molecule has 166 valence electrons. The average molecular weight is 455 g/mol. The van der Waals surface area contributed by atoms with Gasteiger partial charge in [0.25, 0.3) is 11.6 Å². The summed E-state index contributed by atoms with van der Waals surface area (Å²) in [6.45, 7) is 1.45. The number of rotatable bonds is 8. The number of hydrogen-bond acceptors (Lipinski definition) is 8. The first-order valence-electron chi connectivity index (χ1n) is 10.3. The number of carbonyl (C=O) groups excluding carboxylic acids is 2. The number of carbonyl (C=O) groups is 2. The lowest BCUT2D eigenvalue weighted by molar-refractivity contribution is -0.384. The molecule has 2 aromatic carbocycles. The van der Waals surface area contributed by atoms with E-state index in [2.05, 4.69) is 10.3 Å². The van der Waals surface area contributed by atoms with E-state index in [0.717, 1.165) is 41.2 Å². The molecule has 10 heteroatoms. The molecule has 1 aromatic heterocycles. The molecule has 0 atom stereocenters. The molecular weight excluding hydrogens is 432 g/mol. The monoisotopic (exact) mass is 454 g/mol. The third-order valence-corrected chi connectivity index (χ3v) is 6.29. The number of aromatic nitrogens is 1. The molecule has 1 N–H and O–H groups in total. The number of non-ortho nitro benzene ring substituents is 1. The van der Waals surface area contributed by atoms with Gasteiger partial charge in [-0.05, 0) is 31.0 Å². The summed E-state index contributed by atoms with van der Waals surface area (Å²) in [7, 11) is 0. The van der Waals surface area contributed by atoms with Crippen LogP contribution in [0.25, 0.3) is 10.2 Å². The SMILES string of the molecule is O=C(COC(=O)c1cc([N+](=O)[O-])ccc1N1CCCC1)NCCc1nc2ccccc2s1. The minimum absolute atomic E-state index is 0.100. The molecule has 1 fully saturated rings. The maximum atomic E-state index is 12.6. The number of thiazole rings is 1. The maximum absolute atomic E-state index is 12.6. The molecule has 0 saturated carbocycles. The van der Waals surface area contributed by atoms with E-state index in [1.54, 1.807) is 17.4 Å². The van der Waals surface area contributed by atoms with Gasteiger partial charge in [-0.25, -0.2) is 9.78 Å². The fourth-order valence-electron chi connectivity index (χ4n) is 3.63. The second kappa shape index (κ2) is 9.73. The first-order valence-corrected chi connectivity index (χ1v) is 11.1. The number of hydrogen-bond donors (Lipinski definition) is 1. The third kappa shape index (κ3) is 5.02. The van der Waals surface area contributed by atoms with Gasteiger partial charge in [0, 0.05) is 38.2 Å². The van der Waals surface area contributed by atoms with Crippen LogP contribution in [0, 0.1) is 10.1 Å². The molecule has 0 radical (unpaired) electrons. The Morgan fingerprint density at radius 1 is 1.19 bits per heavy atom. The zero-order valence-electron chi connectivity index (χ0n) is 17.3. The van der Waals surface area contributed by atoms with Crippen molar-refractivity contribution in [2.24, 2.45) is 0 Å². The van der Waals surface area contributed by atoms with Crippen LogP contribution in [0.5, 0.6) is 0 Å². The minimum atomic E-state index is -0.753. The molecule has 4 rings (SSSR count). The summed E-state index contributed by atoms with van der Waals surface area (Å²) in [5.74, 6) is -1.19. The van der Waals surface area contributed by atoms with Crippen molar-refractivity contribution in [2.75, 3.05) is 31.1 Å². The van der Waals surface area contributed by atoms with Crippen molar-refractivity contribution in [3.05, 3.63) is 63.1 Å². The van der Waals surface area contributed by atoms with Crippen molar-refractivity contribution < 1.29 is 19.2 Å². The van der Waals surface area contributed by atoms with Gasteiger partial charge in [0.05, 0.1) is 31.4 Å². The van der Waals surface area contributed by atoms with Crippen LogP contribution < -0.4 is 10.2 Å². The van der Waals surface area contributed by atoms with Crippen LogP contribution in [0.4, 0.5) is 11.4 Å². The van der Waals surface area contributed by atoms with E-state index in [0.29, 0.717) is 18.7 Å². The van der Waals surface area contributed by atoms with Crippen LogP contribution in [-0.2, 0) is 16.0 Å². The van der Waals surface area contributed by atoms with E-state index >= 15 is 0 Å². The number of esters is 1. The standard InChI is InChI=1S/C22H22N4O5S/c27-20(23-10-9-21-24-17-5-1-2-6-19(17)32-21)14-31-22(28)16-13-15(26(29)30)7-8-18(16)25-11-3-4-12-25/h1-2,5-8,13H,3-4,9-12,14H2,(H,23,27). The topological polar surface area (TPSA) is 115 Å². The van der Waals surface area contributed by atoms with Gasteiger partial charge in [-0.15, -0.1) is 11.3 Å². The Labute approximate surface area is 188 Å². The van der Waals surface area contributed by atoms with Crippen molar-refractivity contribution in [1.29, 1.82) is 0 Å². The largest absolute Gasteiger partial charge is 0.452 e. The molecule has 2 heterocycles. The predicted octanol–water partition coefficient (Wildman–Crippen LogP) is 3.32. The number of nitro groups is 1. The van der Waals surface area contributed by atoms with Crippen LogP contribution in [-0.4, -0.2) is 48.0 Å². The molecule has 0 bridgehead atoms. The number of fused-ring (bicyclic) bond motifs is 1. The molecule has 1 aliphatic rings. The number of para-hydroxylation sites is 1. The van der Waals surface area contributed by atoms with Gasteiger partial charge in [-0.1, -0.05) is 12.1 Å². The summed E-state index contributed by atoms with van der Waals surface area (Å²) < 4.78 is 6.25. The Balaban J connectivity index is 1.32. The summed E-state index contributed by atoms with van der Waals surface area (Å²) in [6, 6.07) is 12.0. The average Bonchev–Trinajstić information content (AvgIpc) is 3.46. The lowest BCUT2D eigenvalue weighted by atomic mass is 10.1. The quantitative estimate of drug-likeness (QED) is 0.315. The summed E-state index contributed by atoms with van der Waals surface area (Å²) in [5, 5.41) is 14.8. The van der Waals surface area contributed by atoms with E-state index in [1.807, 2.05) is 29.2 Å². The first kappa shape index (κ1) is 21.7. The van der Waals surface area contributed by atoms with Crippen molar-refractivity contribution in [3.8, 4) is 0 Å². The van der Waals surface area contributed by atoms with Gasteiger partial charge in [0.15, 0.2) is 6.61 Å². The van der Waals surface area contributed by atoms with Crippen LogP contribution in [0.3, 0.4) is 0 Å². The van der Waals surface area contributed by atoms with E-state index in [4.69, 9.17) is 4.74 Å². The molecule has 1 amide bonds. The van der Waals surface area contributed by atoms with E-state index in [-0.39, 0.29) is 11.3 Å². The van der Waals surface area contributed by atoms with Gasteiger partial charge in [0.1, 0.15) is 0 Å². The second-order valence-corrected chi connectivity index (χ2v) is 8.52. The minimum Gasteiger partial charge on any atom is -0.452 e. The highest BCUT2D eigenvalue weighted by atomic mass is 32.1. The van der Waals surface area contributed by atoms with Crippen LogP contribution >= 0.6 is 11.3 Å². The van der Waals surface area contributed by atoms with Crippen molar-refractivity contribution in [1.82, 2.24) is 10.3 Å². The number of nitro benzene ring substituents is 1. The normalized spacial score (nSPS) is 13.3. The van der Waals surface area contributed by atoms with E-state index in [1.165, 1.54) is 12.1 Å². The Kier molecular flexibility index (Phi) is 6.60. The fraction of sp³-hybridized carbons (Fsp3) is 0.318. The number of benzene rings is 2. The van der Waals surface area contributed by atoms with Crippen molar-refractivity contribution >= 4 is 44.8 Å². The predicted molar refractivity (Wildman–Crippen MR) is 121 cm³/mol. The number of anilines is 1. The Bertz CT molecular complexity index is 1120. The molecule has 1 aliphatic heterocycles. The molecule has 9 nitrogen and oxygen atoms in total. The number of nitrogens with zero attached hydrogens (tertiary/aromatic N) is 3. The highest BCUT2D eigenvalue weighted by Gasteiger charge is 2.24. The molecule has 3 aromatic rings. The number of ether oxygens (including phenoxy) is 1. The highest BCUT2D eigenvalue weighted by molar-refractivity contribution is 7.18.